The summed E-state index contributed by atoms with van der Waals surface area (Å²) in [5.41, 5.74) is 5.41. The number of halogens is 1. The molecule has 4 aromatic carbocycles. The van der Waals surface area contributed by atoms with E-state index >= 15 is 0 Å². The summed E-state index contributed by atoms with van der Waals surface area (Å²) in [6, 6.07) is 29.6. The third-order valence-corrected chi connectivity index (χ3v) is 7.24. The molecular weight excluding hydrogens is 586 g/mol. The summed E-state index contributed by atoms with van der Waals surface area (Å²) in [6.07, 6.45) is 1.67. The van der Waals surface area contributed by atoms with Crippen LogP contribution in [-0.4, -0.2) is 47.7 Å². The zero-order valence-electron chi connectivity index (χ0n) is 22.9. The van der Waals surface area contributed by atoms with Gasteiger partial charge in [-0.15, -0.1) is 0 Å². The number of ether oxygens (including phenoxy) is 1. The topological polar surface area (TPSA) is 103 Å². The molecule has 0 spiro atoms. The molecule has 0 saturated carbocycles. The lowest BCUT2D eigenvalue weighted by Crippen LogP contribution is -2.65. The molecule has 43 heavy (non-hydrogen) atoms. The van der Waals surface area contributed by atoms with Gasteiger partial charge in [0.2, 0.25) is 11.0 Å². The highest BCUT2D eigenvalue weighted by molar-refractivity contribution is 7.80. The fourth-order valence-corrected chi connectivity index (χ4v) is 4.83. The first-order valence-electron chi connectivity index (χ1n) is 13.2. The highest BCUT2D eigenvalue weighted by atomic mass is 35.5. The first-order valence-corrected chi connectivity index (χ1v) is 14.0. The SMILES string of the molecule is COc1ccccc1C=Nc1ccc(C(=O)NN2C(=O)C(CNc3ccccc3)C(=O)N(c3ccc(Cl)cc3)C2=S)cc1. The lowest BCUT2D eigenvalue weighted by molar-refractivity contribution is -0.140. The van der Waals surface area contributed by atoms with E-state index in [-0.39, 0.29) is 17.2 Å². The number of hydrazine groups is 1. The van der Waals surface area contributed by atoms with Crippen molar-refractivity contribution in [3.63, 3.8) is 0 Å². The van der Waals surface area contributed by atoms with Crippen LogP contribution >= 0.6 is 23.8 Å². The molecule has 1 fully saturated rings. The summed E-state index contributed by atoms with van der Waals surface area (Å²) in [5, 5.41) is 4.35. The largest absolute Gasteiger partial charge is 0.496 e. The average Bonchev–Trinajstić information content (AvgIpc) is 3.03. The van der Waals surface area contributed by atoms with Crippen LogP contribution in [0.1, 0.15) is 15.9 Å². The minimum Gasteiger partial charge on any atom is -0.496 e. The minimum atomic E-state index is -1.17. The van der Waals surface area contributed by atoms with E-state index in [1.165, 1.54) is 4.90 Å². The van der Waals surface area contributed by atoms with E-state index in [2.05, 4.69) is 15.7 Å². The van der Waals surface area contributed by atoms with Crippen molar-refractivity contribution >= 4 is 69.9 Å². The van der Waals surface area contributed by atoms with Crippen molar-refractivity contribution in [2.75, 3.05) is 23.9 Å². The lowest BCUT2D eigenvalue weighted by atomic mass is 10.0. The Labute approximate surface area is 258 Å². The van der Waals surface area contributed by atoms with Gasteiger partial charge in [0.05, 0.1) is 18.5 Å². The van der Waals surface area contributed by atoms with Crippen LogP contribution in [0.5, 0.6) is 5.75 Å². The number of carbonyl (C=O) groups excluding carboxylic acids is 3. The Hall–Kier alpha value is -5.06. The number of methoxy groups -OCH3 is 1. The molecule has 0 radical (unpaired) electrons. The Morgan fingerprint density at radius 1 is 0.930 bits per heavy atom. The normalized spacial score (nSPS) is 15.1. The molecule has 1 atom stereocenters. The molecule has 1 saturated heterocycles. The Morgan fingerprint density at radius 3 is 2.30 bits per heavy atom. The quantitative estimate of drug-likeness (QED) is 0.144. The predicted octanol–water partition coefficient (Wildman–Crippen LogP) is 5.63. The van der Waals surface area contributed by atoms with Gasteiger partial charge in [-0.25, -0.2) is 0 Å². The van der Waals surface area contributed by atoms with Gasteiger partial charge in [0.25, 0.3) is 11.8 Å². The molecule has 4 aromatic rings. The number of hydrogen-bond acceptors (Lipinski definition) is 7. The number of anilines is 2. The molecule has 1 unspecified atom stereocenters. The molecule has 216 valence electrons. The van der Waals surface area contributed by atoms with Gasteiger partial charge in [0.1, 0.15) is 11.7 Å². The number of nitrogens with zero attached hydrogens (tertiary/aromatic N) is 3. The summed E-state index contributed by atoms with van der Waals surface area (Å²) in [4.78, 5) is 46.1. The Bertz CT molecular complexity index is 1680. The van der Waals surface area contributed by atoms with Crippen molar-refractivity contribution in [3.8, 4) is 5.75 Å². The van der Waals surface area contributed by atoms with Crippen LogP contribution in [0.3, 0.4) is 0 Å². The van der Waals surface area contributed by atoms with Crippen LogP contribution in [0, 0.1) is 5.92 Å². The molecule has 1 aliphatic heterocycles. The second-order valence-corrected chi connectivity index (χ2v) is 10.2. The third-order valence-electron chi connectivity index (χ3n) is 6.62. The first kappa shape index (κ1) is 29.4. The van der Waals surface area contributed by atoms with Gasteiger partial charge >= 0.3 is 0 Å². The van der Waals surface area contributed by atoms with Crippen molar-refractivity contribution in [1.29, 1.82) is 0 Å². The summed E-state index contributed by atoms with van der Waals surface area (Å²) < 4.78 is 5.35. The lowest BCUT2D eigenvalue weighted by Gasteiger charge is -2.39. The summed E-state index contributed by atoms with van der Waals surface area (Å²) >= 11 is 11.6. The van der Waals surface area contributed by atoms with E-state index in [1.807, 2.05) is 54.6 Å². The zero-order valence-corrected chi connectivity index (χ0v) is 24.5. The van der Waals surface area contributed by atoms with Crippen molar-refractivity contribution < 1.29 is 19.1 Å². The Kier molecular flexibility index (Phi) is 9.09. The summed E-state index contributed by atoms with van der Waals surface area (Å²) in [6.45, 7) is -0.0142. The van der Waals surface area contributed by atoms with Crippen LogP contribution in [0.4, 0.5) is 17.1 Å². The monoisotopic (exact) mass is 611 g/mol. The highest BCUT2D eigenvalue weighted by Crippen LogP contribution is 2.27. The van der Waals surface area contributed by atoms with Crippen LogP contribution in [0.15, 0.2) is 108 Å². The van der Waals surface area contributed by atoms with Gasteiger partial charge in [0, 0.05) is 34.6 Å². The van der Waals surface area contributed by atoms with Gasteiger partial charge in [-0.2, -0.15) is 5.01 Å². The smallest absolute Gasteiger partial charge is 0.270 e. The van der Waals surface area contributed by atoms with Crippen molar-refractivity contribution in [2.24, 2.45) is 10.9 Å². The molecule has 1 heterocycles. The highest BCUT2D eigenvalue weighted by Gasteiger charge is 2.45. The van der Waals surface area contributed by atoms with E-state index < -0.39 is 23.6 Å². The second kappa shape index (κ2) is 13.3. The Morgan fingerprint density at radius 2 is 1.60 bits per heavy atom. The standard InChI is InChI=1S/C32H26ClN5O4S/c1-42-28-10-6-5-7-22(28)19-34-25-15-11-21(12-16-25)29(39)36-38-31(41)27(20-35-24-8-3-2-4-9-24)30(40)37(32(38)43)26-17-13-23(33)14-18-26/h2-19,27,35H,20H2,1H3,(H,36,39). The van der Waals surface area contributed by atoms with Gasteiger partial charge in [-0.05, 0) is 85.0 Å². The van der Waals surface area contributed by atoms with Crippen LogP contribution < -0.4 is 20.4 Å². The first-order chi connectivity index (χ1) is 20.9. The summed E-state index contributed by atoms with van der Waals surface area (Å²) in [7, 11) is 1.59. The molecule has 0 aliphatic carbocycles. The van der Waals surface area contributed by atoms with Crippen molar-refractivity contribution in [1.82, 2.24) is 10.4 Å². The maximum absolute atomic E-state index is 13.6. The number of para-hydroxylation sites is 2. The van der Waals surface area contributed by atoms with E-state index in [4.69, 9.17) is 28.6 Å². The average molecular weight is 612 g/mol. The van der Waals surface area contributed by atoms with Gasteiger partial charge in [0.15, 0.2) is 0 Å². The Balaban J connectivity index is 1.36. The number of nitrogens with one attached hydrogen (secondary N) is 2. The molecule has 0 aromatic heterocycles. The molecular formula is C32H26ClN5O4S. The summed E-state index contributed by atoms with van der Waals surface area (Å²) in [5.74, 6) is -2.25. The maximum atomic E-state index is 13.6. The molecule has 9 nitrogen and oxygen atoms in total. The van der Waals surface area contributed by atoms with Crippen LogP contribution in [0.2, 0.25) is 5.02 Å². The number of benzene rings is 4. The minimum absolute atomic E-state index is 0.0142. The molecule has 5 rings (SSSR count). The number of amides is 3. The zero-order chi connectivity index (χ0) is 30.3. The van der Waals surface area contributed by atoms with Crippen molar-refractivity contribution in [3.05, 3.63) is 119 Å². The van der Waals surface area contributed by atoms with E-state index in [9.17, 15) is 14.4 Å². The third kappa shape index (κ3) is 6.72. The van der Waals surface area contributed by atoms with E-state index in [1.54, 1.807) is 61.9 Å². The van der Waals surface area contributed by atoms with E-state index in [0.717, 1.165) is 16.3 Å². The van der Waals surface area contributed by atoms with Gasteiger partial charge in [-0.1, -0.05) is 41.9 Å². The number of thiocarbonyl (C=S) groups is 1. The molecule has 1 aliphatic rings. The number of hydrogen-bond donors (Lipinski definition) is 2. The predicted molar refractivity (Wildman–Crippen MR) is 171 cm³/mol. The maximum Gasteiger partial charge on any atom is 0.270 e. The molecule has 3 amide bonds. The number of rotatable bonds is 9. The van der Waals surface area contributed by atoms with Gasteiger partial charge in [-0.3, -0.25) is 29.7 Å². The van der Waals surface area contributed by atoms with Crippen LogP contribution in [0.25, 0.3) is 0 Å². The molecule has 2 N–H and O–H groups in total. The molecule has 11 heteroatoms. The van der Waals surface area contributed by atoms with E-state index in [0.29, 0.717) is 22.1 Å². The van der Waals surface area contributed by atoms with Crippen LogP contribution in [-0.2, 0) is 9.59 Å². The second-order valence-electron chi connectivity index (χ2n) is 9.39. The molecule has 0 bridgehead atoms. The fraction of sp³-hybridized carbons (Fsp3) is 0.0938. The van der Waals surface area contributed by atoms with Gasteiger partial charge < -0.3 is 10.1 Å². The number of carbonyl (C=O) groups is 3. The van der Waals surface area contributed by atoms with Crippen molar-refractivity contribution in [2.45, 2.75) is 0 Å². The number of aliphatic imine (C=N–C) groups is 1. The fourth-order valence-electron chi connectivity index (χ4n) is 4.37.